The van der Waals surface area contributed by atoms with Crippen LogP contribution in [0.1, 0.15) is 17.3 Å². The van der Waals surface area contributed by atoms with Gasteiger partial charge in [-0.2, -0.15) is 0 Å². The lowest BCUT2D eigenvalue weighted by Crippen LogP contribution is -2.08. The Morgan fingerprint density at radius 2 is 2.47 bits per heavy atom. The number of thioether (sulfide) groups is 1. The molecule has 0 aliphatic carbocycles. The van der Waals surface area contributed by atoms with E-state index in [1.807, 2.05) is 6.92 Å². The van der Waals surface area contributed by atoms with Crippen molar-refractivity contribution in [2.45, 2.75) is 17.2 Å². The van der Waals surface area contributed by atoms with Gasteiger partial charge in [0.05, 0.1) is 19.3 Å². The van der Waals surface area contributed by atoms with Gasteiger partial charge in [-0.05, 0) is 12.1 Å². The molecule has 1 aromatic heterocycles. The van der Waals surface area contributed by atoms with Crippen molar-refractivity contribution in [1.29, 1.82) is 0 Å². The summed E-state index contributed by atoms with van der Waals surface area (Å²) in [6.07, 6.45) is 1.61. The molecule has 0 radical (unpaired) electrons. The second kappa shape index (κ2) is 5.72. The van der Waals surface area contributed by atoms with E-state index in [-0.39, 0.29) is 11.9 Å². The quantitative estimate of drug-likeness (QED) is 0.621. The third-order valence-corrected chi connectivity index (χ3v) is 2.85. The Labute approximate surface area is 92.7 Å². The highest BCUT2D eigenvalue weighted by Gasteiger charge is 2.14. The van der Waals surface area contributed by atoms with Gasteiger partial charge in [-0.1, -0.05) is 6.92 Å². The summed E-state index contributed by atoms with van der Waals surface area (Å²) in [5.41, 5.74) is 0.435. The number of hydrogen-bond donors (Lipinski definition) is 1. The summed E-state index contributed by atoms with van der Waals surface area (Å²) in [6, 6.07) is 3.34. The van der Waals surface area contributed by atoms with Crippen molar-refractivity contribution in [3.8, 4) is 0 Å². The van der Waals surface area contributed by atoms with Gasteiger partial charge in [-0.15, -0.1) is 11.8 Å². The van der Waals surface area contributed by atoms with Crippen LogP contribution in [0.3, 0.4) is 0 Å². The molecule has 1 unspecified atom stereocenters. The molecule has 1 atom stereocenters. The number of methoxy groups -OCH3 is 1. The summed E-state index contributed by atoms with van der Waals surface area (Å²) in [5.74, 6) is -0.407. The maximum atomic E-state index is 11.4. The van der Waals surface area contributed by atoms with Crippen molar-refractivity contribution >= 4 is 17.7 Å². The van der Waals surface area contributed by atoms with Crippen LogP contribution in [-0.4, -0.2) is 35.0 Å². The van der Waals surface area contributed by atoms with Gasteiger partial charge in [0, 0.05) is 11.4 Å². The Morgan fingerprint density at radius 3 is 3.07 bits per heavy atom. The SMILES string of the molecule is COC(=O)c1cccnc1SC(C)CO. The number of esters is 1. The minimum Gasteiger partial charge on any atom is -0.465 e. The average Bonchev–Trinajstić information content (AvgIpc) is 2.28. The van der Waals surface area contributed by atoms with Gasteiger partial charge in [-0.25, -0.2) is 9.78 Å². The van der Waals surface area contributed by atoms with Crippen LogP contribution in [0, 0.1) is 0 Å². The molecule has 0 saturated heterocycles. The zero-order chi connectivity index (χ0) is 11.3. The van der Waals surface area contributed by atoms with Crippen molar-refractivity contribution in [3.05, 3.63) is 23.9 Å². The van der Waals surface area contributed by atoms with Gasteiger partial charge in [0.1, 0.15) is 5.03 Å². The molecule has 15 heavy (non-hydrogen) atoms. The summed E-state index contributed by atoms with van der Waals surface area (Å²) in [4.78, 5) is 15.5. The lowest BCUT2D eigenvalue weighted by Gasteiger charge is -2.09. The number of aliphatic hydroxyl groups is 1. The third kappa shape index (κ3) is 3.21. The zero-order valence-corrected chi connectivity index (χ0v) is 9.45. The molecule has 82 valence electrons. The second-order valence-corrected chi connectivity index (χ2v) is 4.39. The number of hydrogen-bond acceptors (Lipinski definition) is 5. The van der Waals surface area contributed by atoms with Crippen LogP contribution in [0.4, 0.5) is 0 Å². The summed E-state index contributed by atoms with van der Waals surface area (Å²) in [5, 5.41) is 9.51. The summed E-state index contributed by atoms with van der Waals surface area (Å²) >= 11 is 1.35. The first-order chi connectivity index (χ1) is 7.19. The van der Waals surface area contributed by atoms with Crippen molar-refractivity contribution in [2.75, 3.05) is 13.7 Å². The normalized spacial score (nSPS) is 12.2. The van der Waals surface area contributed by atoms with E-state index in [1.165, 1.54) is 18.9 Å². The molecular weight excluding hydrogens is 214 g/mol. The Bertz CT molecular complexity index is 343. The van der Waals surface area contributed by atoms with E-state index in [0.29, 0.717) is 10.6 Å². The zero-order valence-electron chi connectivity index (χ0n) is 8.64. The van der Waals surface area contributed by atoms with E-state index in [0.717, 1.165) is 0 Å². The number of pyridine rings is 1. The van der Waals surface area contributed by atoms with Crippen molar-refractivity contribution in [2.24, 2.45) is 0 Å². The molecule has 0 aliphatic heterocycles. The van der Waals surface area contributed by atoms with E-state index in [1.54, 1.807) is 18.3 Å². The van der Waals surface area contributed by atoms with Crippen molar-refractivity contribution in [1.82, 2.24) is 4.98 Å². The van der Waals surface area contributed by atoms with Gasteiger partial charge in [0.15, 0.2) is 0 Å². The van der Waals surface area contributed by atoms with E-state index in [2.05, 4.69) is 9.72 Å². The number of ether oxygens (including phenoxy) is 1. The fraction of sp³-hybridized carbons (Fsp3) is 0.400. The van der Waals surface area contributed by atoms with Crippen molar-refractivity contribution < 1.29 is 14.6 Å². The lowest BCUT2D eigenvalue weighted by atomic mass is 10.3. The van der Waals surface area contributed by atoms with Gasteiger partial charge in [0.25, 0.3) is 0 Å². The number of rotatable bonds is 4. The largest absolute Gasteiger partial charge is 0.465 e. The Morgan fingerprint density at radius 1 is 1.73 bits per heavy atom. The highest BCUT2D eigenvalue weighted by atomic mass is 32.2. The Hall–Kier alpha value is -1.07. The summed E-state index contributed by atoms with van der Waals surface area (Å²) in [6.45, 7) is 1.91. The smallest absolute Gasteiger partial charge is 0.340 e. The lowest BCUT2D eigenvalue weighted by molar-refractivity contribution is 0.0596. The molecule has 1 heterocycles. The minimum absolute atomic E-state index is 0.00306. The van der Waals surface area contributed by atoms with Crippen LogP contribution in [0.25, 0.3) is 0 Å². The molecule has 0 saturated carbocycles. The molecule has 0 bridgehead atoms. The fourth-order valence-corrected chi connectivity index (χ4v) is 1.83. The maximum Gasteiger partial charge on any atom is 0.340 e. The Balaban J connectivity index is 2.91. The molecule has 4 nitrogen and oxygen atoms in total. The fourth-order valence-electron chi connectivity index (χ4n) is 0.978. The Kier molecular flexibility index (Phi) is 4.58. The number of carbonyl (C=O) groups excluding carboxylic acids is 1. The topological polar surface area (TPSA) is 59.4 Å². The highest BCUT2D eigenvalue weighted by molar-refractivity contribution is 7.99. The van der Waals surface area contributed by atoms with E-state index < -0.39 is 5.97 Å². The van der Waals surface area contributed by atoms with Crippen LogP contribution in [0.2, 0.25) is 0 Å². The highest BCUT2D eigenvalue weighted by Crippen LogP contribution is 2.24. The molecule has 5 heteroatoms. The van der Waals surface area contributed by atoms with Crippen molar-refractivity contribution in [3.63, 3.8) is 0 Å². The predicted molar refractivity (Wildman–Crippen MR) is 58.0 cm³/mol. The molecular formula is C10H13NO3S. The van der Waals surface area contributed by atoms with E-state index in [9.17, 15) is 4.79 Å². The van der Waals surface area contributed by atoms with Crippen LogP contribution in [-0.2, 0) is 4.74 Å². The average molecular weight is 227 g/mol. The molecule has 0 fully saturated rings. The molecule has 1 rings (SSSR count). The monoisotopic (exact) mass is 227 g/mol. The predicted octanol–water partition coefficient (Wildman–Crippen LogP) is 1.34. The maximum absolute atomic E-state index is 11.4. The summed E-state index contributed by atoms with van der Waals surface area (Å²) < 4.78 is 4.64. The number of aromatic nitrogens is 1. The first-order valence-corrected chi connectivity index (χ1v) is 5.37. The molecule has 1 aromatic rings. The molecule has 1 N–H and O–H groups in total. The van der Waals surface area contributed by atoms with Gasteiger partial charge in [-0.3, -0.25) is 0 Å². The first kappa shape index (κ1) is 12.0. The number of nitrogens with zero attached hydrogens (tertiary/aromatic N) is 1. The summed E-state index contributed by atoms with van der Waals surface area (Å²) in [7, 11) is 1.33. The third-order valence-electron chi connectivity index (χ3n) is 1.75. The van der Waals surface area contributed by atoms with Gasteiger partial charge >= 0.3 is 5.97 Å². The van der Waals surface area contributed by atoms with Crippen LogP contribution in [0.15, 0.2) is 23.4 Å². The number of aliphatic hydroxyl groups excluding tert-OH is 1. The van der Waals surface area contributed by atoms with Gasteiger partial charge < -0.3 is 9.84 Å². The van der Waals surface area contributed by atoms with E-state index in [4.69, 9.17) is 5.11 Å². The van der Waals surface area contributed by atoms with E-state index >= 15 is 0 Å². The van der Waals surface area contributed by atoms with Gasteiger partial charge in [0.2, 0.25) is 0 Å². The molecule has 0 aliphatic rings. The molecule has 0 spiro atoms. The van der Waals surface area contributed by atoms with Crippen LogP contribution >= 0.6 is 11.8 Å². The standard InChI is InChI=1S/C10H13NO3S/c1-7(6-12)15-9-8(10(13)14-2)4-3-5-11-9/h3-5,7,12H,6H2,1-2H3. The van der Waals surface area contributed by atoms with Crippen LogP contribution < -0.4 is 0 Å². The minimum atomic E-state index is -0.407. The molecule has 0 amide bonds. The van der Waals surface area contributed by atoms with Crippen LogP contribution in [0.5, 0.6) is 0 Å². The molecule has 0 aromatic carbocycles. The second-order valence-electron chi connectivity index (χ2n) is 2.96. The first-order valence-electron chi connectivity index (χ1n) is 4.50. The number of carbonyl (C=O) groups is 1.